The first-order chi connectivity index (χ1) is 10.9. The summed E-state index contributed by atoms with van der Waals surface area (Å²) in [5, 5.41) is 39.7. The number of aromatic amines is 1. The number of fused-ring (bicyclic) bond motifs is 1. The standard InChI is InChI=1S/C14H15BrClNO6/c15-5-2-1-3-6-8(5)9(16)13(17-6)23-14-12(21)11(20)10(19)7(4-18)22-14/h1-3,7,10-12,14,17-21H,4H2/t7-,10-,11+,12-,14+/m1/s1. The zero-order valence-electron chi connectivity index (χ0n) is 11.7. The van der Waals surface area contributed by atoms with Crippen molar-refractivity contribution in [1.29, 1.82) is 0 Å². The predicted octanol–water partition coefficient (Wildman–Crippen LogP) is 0.762. The van der Waals surface area contributed by atoms with Crippen LogP contribution < -0.4 is 4.74 Å². The Bertz CT molecular complexity index is 708. The number of H-pyrrole nitrogens is 1. The second-order valence-electron chi connectivity index (χ2n) is 5.25. The van der Waals surface area contributed by atoms with Gasteiger partial charge in [-0.3, -0.25) is 0 Å². The van der Waals surface area contributed by atoms with E-state index in [-0.39, 0.29) is 10.9 Å². The summed E-state index contributed by atoms with van der Waals surface area (Å²) < 4.78 is 11.6. The summed E-state index contributed by atoms with van der Waals surface area (Å²) >= 11 is 9.67. The molecule has 2 aromatic rings. The molecule has 9 heteroatoms. The lowest BCUT2D eigenvalue weighted by Crippen LogP contribution is -2.60. The maximum Gasteiger partial charge on any atom is 0.231 e. The Kier molecular flexibility index (Phi) is 4.84. The van der Waals surface area contributed by atoms with Crippen molar-refractivity contribution >= 4 is 38.4 Å². The van der Waals surface area contributed by atoms with E-state index < -0.39 is 37.3 Å². The van der Waals surface area contributed by atoms with Gasteiger partial charge in [-0.1, -0.05) is 33.6 Å². The molecule has 0 aliphatic carbocycles. The minimum Gasteiger partial charge on any atom is -0.445 e. The van der Waals surface area contributed by atoms with Crippen molar-refractivity contribution in [2.45, 2.75) is 30.7 Å². The molecule has 1 aromatic heterocycles. The van der Waals surface area contributed by atoms with E-state index in [4.69, 9.17) is 21.1 Å². The second-order valence-corrected chi connectivity index (χ2v) is 6.48. The highest BCUT2D eigenvalue weighted by Gasteiger charge is 2.45. The average Bonchev–Trinajstić information content (AvgIpc) is 2.85. The zero-order valence-corrected chi connectivity index (χ0v) is 14.0. The molecule has 0 amide bonds. The molecular formula is C14H15BrClNO6. The highest BCUT2D eigenvalue weighted by atomic mass is 79.9. The van der Waals surface area contributed by atoms with Gasteiger partial charge in [0.2, 0.25) is 12.2 Å². The van der Waals surface area contributed by atoms with Gasteiger partial charge in [0.15, 0.2) is 0 Å². The van der Waals surface area contributed by atoms with E-state index in [9.17, 15) is 20.4 Å². The van der Waals surface area contributed by atoms with Gasteiger partial charge in [-0.15, -0.1) is 0 Å². The molecule has 1 aliphatic heterocycles. The summed E-state index contributed by atoms with van der Waals surface area (Å²) in [6.45, 7) is -0.531. The van der Waals surface area contributed by atoms with Crippen LogP contribution in [0.1, 0.15) is 0 Å². The SMILES string of the molecule is OC[C@H]1O[C@@H](Oc2[nH]c3cccc(Br)c3c2Cl)[C@H](O)[C@@H](O)[C@@H]1O. The van der Waals surface area contributed by atoms with Crippen LogP contribution in [0, 0.1) is 0 Å². The Labute approximate surface area is 144 Å². The highest BCUT2D eigenvalue weighted by molar-refractivity contribution is 9.10. The Morgan fingerprint density at radius 2 is 1.96 bits per heavy atom. The number of hydrogen-bond donors (Lipinski definition) is 5. The average molecular weight is 409 g/mol. The van der Waals surface area contributed by atoms with Gasteiger partial charge >= 0.3 is 0 Å². The van der Waals surface area contributed by atoms with Crippen LogP contribution in [-0.2, 0) is 4.74 Å². The van der Waals surface area contributed by atoms with Crippen molar-refractivity contribution in [2.75, 3.05) is 6.61 Å². The quantitative estimate of drug-likeness (QED) is 0.512. The zero-order chi connectivity index (χ0) is 16.7. The number of hydrogen-bond acceptors (Lipinski definition) is 6. The Morgan fingerprint density at radius 1 is 1.22 bits per heavy atom. The first-order valence-electron chi connectivity index (χ1n) is 6.87. The van der Waals surface area contributed by atoms with Crippen LogP contribution in [0.15, 0.2) is 22.7 Å². The van der Waals surface area contributed by atoms with E-state index in [2.05, 4.69) is 20.9 Å². The molecule has 7 nitrogen and oxygen atoms in total. The lowest BCUT2D eigenvalue weighted by atomic mass is 9.99. The van der Waals surface area contributed by atoms with Crippen LogP contribution in [0.3, 0.4) is 0 Å². The number of halogens is 2. The van der Waals surface area contributed by atoms with Gasteiger partial charge in [0.1, 0.15) is 29.4 Å². The molecule has 3 rings (SSSR count). The Morgan fingerprint density at radius 3 is 2.61 bits per heavy atom. The van der Waals surface area contributed by atoms with Crippen molar-refractivity contribution in [3.05, 3.63) is 27.7 Å². The summed E-state index contributed by atoms with van der Waals surface area (Å²) in [6, 6.07) is 5.43. The first kappa shape index (κ1) is 17.0. The number of rotatable bonds is 3. The second kappa shape index (κ2) is 6.56. The molecule has 23 heavy (non-hydrogen) atoms. The summed E-state index contributed by atoms with van der Waals surface area (Å²) in [7, 11) is 0. The third-order valence-corrected chi connectivity index (χ3v) is 4.78. The molecule has 0 bridgehead atoms. The van der Waals surface area contributed by atoms with Crippen LogP contribution in [0.2, 0.25) is 5.02 Å². The number of nitrogens with one attached hydrogen (secondary N) is 1. The van der Waals surface area contributed by atoms with Crippen molar-refractivity contribution in [3.63, 3.8) is 0 Å². The molecule has 1 saturated heterocycles. The lowest BCUT2D eigenvalue weighted by Gasteiger charge is -2.39. The van der Waals surface area contributed by atoms with Crippen molar-refractivity contribution in [1.82, 2.24) is 4.98 Å². The van der Waals surface area contributed by atoms with E-state index in [0.29, 0.717) is 10.9 Å². The maximum atomic E-state index is 9.99. The molecule has 0 spiro atoms. The molecule has 1 aliphatic rings. The van der Waals surface area contributed by atoms with Gasteiger partial charge in [-0.2, -0.15) is 0 Å². The Balaban J connectivity index is 1.89. The van der Waals surface area contributed by atoms with Gasteiger partial charge < -0.3 is 34.9 Å². The number of aromatic nitrogens is 1. The third kappa shape index (κ3) is 2.96. The summed E-state index contributed by atoms with van der Waals surface area (Å²) in [6.07, 6.45) is -6.80. The predicted molar refractivity (Wildman–Crippen MR) is 85.4 cm³/mol. The number of ether oxygens (including phenoxy) is 2. The van der Waals surface area contributed by atoms with E-state index in [1.807, 2.05) is 12.1 Å². The van der Waals surface area contributed by atoms with Crippen molar-refractivity contribution in [2.24, 2.45) is 0 Å². The normalized spacial score (nSPS) is 31.5. The minimum atomic E-state index is -1.51. The fourth-order valence-corrected chi connectivity index (χ4v) is 3.48. The molecule has 0 radical (unpaired) electrons. The molecule has 126 valence electrons. The fraction of sp³-hybridized carbons (Fsp3) is 0.429. The fourth-order valence-electron chi connectivity index (χ4n) is 2.50. The van der Waals surface area contributed by atoms with Gasteiger partial charge in [-0.05, 0) is 12.1 Å². The summed E-state index contributed by atoms with van der Waals surface area (Å²) in [4.78, 5) is 2.95. The van der Waals surface area contributed by atoms with Crippen LogP contribution in [0.4, 0.5) is 0 Å². The molecule has 1 aromatic carbocycles. The van der Waals surface area contributed by atoms with Crippen molar-refractivity contribution in [3.8, 4) is 5.88 Å². The van der Waals surface area contributed by atoms with E-state index in [1.54, 1.807) is 6.07 Å². The topological polar surface area (TPSA) is 115 Å². The minimum absolute atomic E-state index is 0.151. The van der Waals surface area contributed by atoms with Crippen LogP contribution >= 0.6 is 27.5 Å². The Hall–Kier alpha value is -0.870. The molecular weight excluding hydrogens is 394 g/mol. The molecule has 0 unspecified atom stereocenters. The van der Waals surface area contributed by atoms with Crippen LogP contribution in [0.5, 0.6) is 5.88 Å². The van der Waals surface area contributed by atoms with Gasteiger partial charge in [0.25, 0.3) is 0 Å². The number of aliphatic hydroxyl groups is 4. The molecule has 1 fully saturated rings. The van der Waals surface area contributed by atoms with E-state index in [0.717, 1.165) is 4.47 Å². The summed E-state index contributed by atoms with van der Waals surface area (Å²) in [5.74, 6) is 0.151. The van der Waals surface area contributed by atoms with Crippen molar-refractivity contribution < 1.29 is 29.9 Å². The maximum absolute atomic E-state index is 9.99. The highest BCUT2D eigenvalue weighted by Crippen LogP contribution is 2.38. The third-order valence-electron chi connectivity index (χ3n) is 3.76. The van der Waals surface area contributed by atoms with E-state index in [1.165, 1.54) is 0 Å². The lowest BCUT2D eigenvalue weighted by molar-refractivity contribution is -0.278. The van der Waals surface area contributed by atoms with Gasteiger partial charge in [-0.25, -0.2) is 0 Å². The van der Waals surface area contributed by atoms with Crippen LogP contribution in [0.25, 0.3) is 10.9 Å². The molecule has 2 heterocycles. The summed E-state index contributed by atoms with van der Waals surface area (Å²) in [5.41, 5.74) is 0.712. The smallest absolute Gasteiger partial charge is 0.231 e. The number of aliphatic hydroxyl groups excluding tert-OH is 4. The molecule has 5 atom stereocenters. The molecule has 5 N–H and O–H groups in total. The van der Waals surface area contributed by atoms with Crippen LogP contribution in [-0.4, -0.2) is 62.7 Å². The van der Waals surface area contributed by atoms with E-state index >= 15 is 0 Å². The monoisotopic (exact) mass is 407 g/mol. The number of benzene rings is 1. The molecule has 0 saturated carbocycles. The first-order valence-corrected chi connectivity index (χ1v) is 8.04. The largest absolute Gasteiger partial charge is 0.445 e. The van der Waals surface area contributed by atoms with Gasteiger partial charge in [0.05, 0.1) is 12.1 Å². The van der Waals surface area contributed by atoms with Gasteiger partial charge in [0, 0.05) is 9.86 Å².